The number of hydrogen-bond donors (Lipinski definition) is 1. The fourth-order valence-electron chi connectivity index (χ4n) is 2.38. The van der Waals surface area contributed by atoms with Crippen molar-refractivity contribution >= 4 is 5.97 Å². The Morgan fingerprint density at radius 1 is 1.59 bits per heavy atom. The molecule has 3 heteroatoms. The van der Waals surface area contributed by atoms with Crippen LogP contribution in [0.1, 0.15) is 36.8 Å². The number of halogens is 1. The molecule has 1 aromatic rings. The monoisotopic (exact) mass is 236 g/mol. The Balaban J connectivity index is 1.98. The standard InChI is InChI=1S/C14H17FO2/c1-8(5-11-7-12(11)14(16)17)10-3-4-13(15)9(2)6-10/h3-4,6,8,11-12H,5,7H2,1-2H3,(H,16,17). The molecular formula is C14H17FO2. The third-order valence-corrected chi connectivity index (χ3v) is 3.65. The van der Waals surface area contributed by atoms with Gasteiger partial charge in [-0.05, 0) is 48.8 Å². The lowest BCUT2D eigenvalue weighted by Crippen LogP contribution is -2.02. The van der Waals surface area contributed by atoms with Gasteiger partial charge in [0.25, 0.3) is 0 Å². The van der Waals surface area contributed by atoms with Crippen LogP contribution in [0.2, 0.25) is 0 Å². The predicted octanol–water partition coefficient (Wildman–Crippen LogP) is 3.35. The molecule has 1 aliphatic rings. The van der Waals surface area contributed by atoms with Gasteiger partial charge in [-0.1, -0.05) is 19.1 Å². The van der Waals surface area contributed by atoms with Crippen LogP contribution in [0.25, 0.3) is 0 Å². The van der Waals surface area contributed by atoms with Crippen molar-refractivity contribution in [3.8, 4) is 0 Å². The van der Waals surface area contributed by atoms with Crippen molar-refractivity contribution in [1.82, 2.24) is 0 Å². The van der Waals surface area contributed by atoms with Crippen LogP contribution < -0.4 is 0 Å². The molecular weight excluding hydrogens is 219 g/mol. The molecule has 0 saturated heterocycles. The van der Waals surface area contributed by atoms with E-state index in [4.69, 9.17) is 5.11 Å². The van der Waals surface area contributed by atoms with Crippen molar-refractivity contribution in [2.45, 2.75) is 32.6 Å². The first-order valence-electron chi connectivity index (χ1n) is 5.98. The van der Waals surface area contributed by atoms with Gasteiger partial charge < -0.3 is 5.11 Å². The van der Waals surface area contributed by atoms with Gasteiger partial charge in [0.15, 0.2) is 0 Å². The number of rotatable bonds is 4. The molecule has 17 heavy (non-hydrogen) atoms. The summed E-state index contributed by atoms with van der Waals surface area (Å²) in [7, 11) is 0. The van der Waals surface area contributed by atoms with Crippen LogP contribution in [0.3, 0.4) is 0 Å². The molecule has 0 aliphatic heterocycles. The number of carboxylic acids is 1. The fourth-order valence-corrected chi connectivity index (χ4v) is 2.38. The van der Waals surface area contributed by atoms with Crippen molar-refractivity contribution in [3.05, 3.63) is 35.1 Å². The summed E-state index contributed by atoms with van der Waals surface area (Å²) in [4.78, 5) is 10.7. The average Bonchev–Trinajstić information content (AvgIpc) is 3.01. The van der Waals surface area contributed by atoms with Gasteiger partial charge in [-0.25, -0.2) is 4.39 Å². The van der Waals surface area contributed by atoms with Gasteiger partial charge in [-0.15, -0.1) is 0 Å². The van der Waals surface area contributed by atoms with E-state index in [9.17, 15) is 9.18 Å². The second-order valence-corrected chi connectivity index (χ2v) is 5.09. The van der Waals surface area contributed by atoms with Crippen molar-refractivity contribution in [2.75, 3.05) is 0 Å². The molecule has 2 nitrogen and oxygen atoms in total. The van der Waals surface area contributed by atoms with Crippen LogP contribution in [0.15, 0.2) is 18.2 Å². The van der Waals surface area contributed by atoms with E-state index in [1.54, 1.807) is 13.0 Å². The Bertz CT molecular complexity index is 442. The van der Waals surface area contributed by atoms with Gasteiger partial charge in [0.05, 0.1) is 5.92 Å². The van der Waals surface area contributed by atoms with Crippen LogP contribution in [0, 0.1) is 24.6 Å². The number of carboxylic acid groups (broad SMARTS) is 1. The SMILES string of the molecule is Cc1cc(C(C)CC2CC2C(=O)O)ccc1F. The topological polar surface area (TPSA) is 37.3 Å². The molecule has 0 radical (unpaired) electrons. The van der Waals surface area contributed by atoms with Crippen LogP contribution in [0.5, 0.6) is 0 Å². The Hall–Kier alpha value is -1.38. The zero-order valence-electron chi connectivity index (χ0n) is 10.1. The second kappa shape index (κ2) is 4.47. The van der Waals surface area contributed by atoms with E-state index in [2.05, 4.69) is 6.92 Å². The minimum Gasteiger partial charge on any atom is -0.481 e. The minimum absolute atomic E-state index is 0.154. The lowest BCUT2D eigenvalue weighted by Gasteiger charge is -2.12. The lowest BCUT2D eigenvalue weighted by molar-refractivity contribution is -0.138. The van der Waals surface area contributed by atoms with E-state index in [1.807, 2.05) is 6.07 Å². The zero-order valence-corrected chi connectivity index (χ0v) is 10.1. The smallest absolute Gasteiger partial charge is 0.306 e. The summed E-state index contributed by atoms with van der Waals surface area (Å²) in [6.07, 6.45) is 1.67. The molecule has 1 fully saturated rings. The molecule has 1 aromatic carbocycles. The molecule has 0 spiro atoms. The van der Waals surface area contributed by atoms with Crippen molar-refractivity contribution < 1.29 is 14.3 Å². The van der Waals surface area contributed by atoms with Crippen LogP contribution in [0.4, 0.5) is 4.39 Å². The molecule has 3 atom stereocenters. The highest BCUT2D eigenvalue weighted by atomic mass is 19.1. The zero-order chi connectivity index (χ0) is 12.6. The van der Waals surface area contributed by atoms with Crippen LogP contribution in [-0.2, 0) is 4.79 Å². The van der Waals surface area contributed by atoms with E-state index >= 15 is 0 Å². The first-order chi connectivity index (χ1) is 7.99. The highest BCUT2D eigenvalue weighted by Gasteiger charge is 2.43. The van der Waals surface area contributed by atoms with Crippen LogP contribution in [-0.4, -0.2) is 11.1 Å². The van der Waals surface area contributed by atoms with Gasteiger partial charge in [-0.2, -0.15) is 0 Å². The van der Waals surface area contributed by atoms with Crippen molar-refractivity contribution in [1.29, 1.82) is 0 Å². The van der Waals surface area contributed by atoms with Crippen molar-refractivity contribution in [3.63, 3.8) is 0 Å². The van der Waals surface area contributed by atoms with Gasteiger partial charge in [0.1, 0.15) is 5.82 Å². The molecule has 1 saturated carbocycles. The third kappa shape index (κ3) is 2.65. The summed E-state index contributed by atoms with van der Waals surface area (Å²) in [6.45, 7) is 3.83. The molecule has 3 unspecified atom stereocenters. The maximum Gasteiger partial charge on any atom is 0.306 e. The number of carbonyl (C=O) groups is 1. The molecule has 0 amide bonds. The maximum atomic E-state index is 13.1. The lowest BCUT2D eigenvalue weighted by atomic mass is 9.93. The summed E-state index contributed by atoms with van der Waals surface area (Å²) in [5, 5.41) is 8.84. The summed E-state index contributed by atoms with van der Waals surface area (Å²) in [6, 6.07) is 5.14. The first kappa shape index (κ1) is 12.1. The van der Waals surface area contributed by atoms with E-state index in [0.29, 0.717) is 17.4 Å². The molecule has 0 heterocycles. The van der Waals surface area contributed by atoms with E-state index in [0.717, 1.165) is 18.4 Å². The van der Waals surface area contributed by atoms with Crippen molar-refractivity contribution in [2.24, 2.45) is 11.8 Å². The summed E-state index contributed by atoms with van der Waals surface area (Å²) >= 11 is 0. The molecule has 0 aromatic heterocycles. The molecule has 92 valence electrons. The van der Waals surface area contributed by atoms with Crippen LogP contribution >= 0.6 is 0 Å². The van der Waals surface area contributed by atoms with E-state index in [-0.39, 0.29) is 11.7 Å². The first-order valence-corrected chi connectivity index (χ1v) is 5.98. The number of hydrogen-bond acceptors (Lipinski definition) is 1. The molecule has 1 N–H and O–H groups in total. The predicted molar refractivity (Wildman–Crippen MR) is 63.4 cm³/mol. The largest absolute Gasteiger partial charge is 0.481 e. The maximum absolute atomic E-state index is 13.1. The van der Waals surface area contributed by atoms with Gasteiger partial charge in [0.2, 0.25) is 0 Å². The Kier molecular flexibility index (Phi) is 3.18. The van der Waals surface area contributed by atoms with Gasteiger partial charge in [-0.3, -0.25) is 4.79 Å². The average molecular weight is 236 g/mol. The summed E-state index contributed by atoms with van der Waals surface area (Å²) in [5.41, 5.74) is 1.75. The fraction of sp³-hybridized carbons (Fsp3) is 0.500. The number of benzene rings is 1. The Labute approximate surface area is 100 Å². The summed E-state index contributed by atoms with van der Waals surface area (Å²) < 4.78 is 13.1. The Morgan fingerprint density at radius 2 is 2.29 bits per heavy atom. The Morgan fingerprint density at radius 3 is 2.82 bits per heavy atom. The summed E-state index contributed by atoms with van der Waals surface area (Å²) in [5.74, 6) is -0.427. The normalized spacial score (nSPS) is 24.4. The van der Waals surface area contributed by atoms with E-state index < -0.39 is 5.97 Å². The molecule has 0 bridgehead atoms. The molecule has 2 rings (SSSR count). The second-order valence-electron chi connectivity index (χ2n) is 5.09. The molecule has 1 aliphatic carbocycles. The van der Waals surface area contributed by atoms with E-state index in [1.165, 1.54) is 6.07 Å². The number of aliphatic carboxylic acids is 1. The number of aryl methyl sites for hydroxylation is 1. The highest BCUT2D eigenvalue weighted by molar-refractivity contribution is 5.73. The highest BCUT2D eigenvalue weighted by Crippen LogP contribution is 2.45. The van der Waals surface area contributed by atoms with Gasteiger partial charge >= 0.3 is 5.97 Å². The third-order valence-electron chi connectivity index (χ3n) is 3.65. The quantitative estimate of drug-likeness (QED) is 0.870. The van der Waals surface area contributed by atoms with Gasteiger partial charge in [0, 0.05) is 0 Å². The minimum atomic E-state index is -0.683.